The van der Waals surface area contributed by atoms with E-state index < -0.39 is 6.16 Å². The van der Waals surface area contributed by atoms with Gasteiger partial charge < -0.3 is 20.4 Å². The highest BCUT2D eigenvalue weighted by molar-refractivity contribution is 5.53. The van der Waals surface area contributed by atoms with Gasteiger partial charge in [0.15, 0.2) is 11.5 Å². The summed E-state index contributed by atoms with van der Waals surface area (Å²) in [5.74, 6) is -0.0376. The van der Waals surface area contributed by atoms with Gasteiger partial charge >= 0.3 is 6.16 Å². The van der Waals surface area contributed by atoms with Crippen LogP contribution in [0.2, 0.25) is 0 Å². The maximum Gasteiger partial charge on any atom is 0.503 e. The number of hydrogen-bond acceptors (Lipinski definition) is 3. The molecule has 0 amide bonds. The maximum atomic E-state index is 9.15. The first-order chi connectivity index (χ1) is 6.49. The molecule has 0 radical (unpaired) electrons. The fraction of sp³-hybridized carbons (Fsp3) is 0.222. The molecule has 1 aromatic rings. The van der Waals surface area contributed by atoms with Crippen molar-refractivity contribution in [1.82, 2.24) is 0 Å². The Kier molecular flexibility index (Phi) is 4.91. The summed E-state index contributed by atoms with van der Waals surface area (Å²) in [6.07, 6.45) is -1.10. The SMILES string of the molecule is CCc1cccc(O)c1O.O=C(O)O. The molecule has 0 unspecified atom stereocenters. The topological polar surface area (TPSA) is 98.0 Å². The monoisotopic (exact) mass is 200 g/mol. The molecule has 78 valence electrons. The maximum absolute atomic E-state index is 9.15. The summed E-state index contributed by atoms with van der Waals surface area (Å²) in [6.45, 7) is 1.93. The van der Waals surface area contributed by atoms with Crippen molar-refractivity contribution in [3.63, 3.8) is 0 Å². The van der Waals surface area contributed by atoms with Crippen LogP contribution in [0, 0.1) is 0 Å². The lowest BCUT2D eigenvalue weighted by molar-refractivity contribution is 0.137. The Morgan fingerprint density at radius 3 is 2.14 bits per heavy atom. The molecule has 1 aromatic carbocycles. The average Bonchev–Trinajstić information content (AvgIpc) is 2.09. The zero-order chi connectivity index (χ0) is 11.1. The Balaban J connectivity index is 0.000000364. The second-order valence-electron chi connectivity index (χ2n) is 2.42. The zero-order valence-corrected chi connectivity index (χ0v) is 7.64. The molecule has 0 heterocycles. The van der Waals surface area contributed by atoms with E-state index in [4.69, 9.17) is 25.2 Å². The second kappa shape index (κ2) is 5.69. The number of hydrogen-bond donors (Lipinski definition) is 4. The Hall–Kier alpha value is -1.91. The molecule has 0 aliphatic carbocycles. The van der Waals surface area contributed by atoms with Crippen molar-refractivity contribution in [3.8, 4) is 11.5 Å². The summed E-state index contributed by atoms with van der Waals surface area (Å²) in [7, 11) is 0. The molecular weight excluding hydrogens is 188 g/mol. The van der Waals surface area contributed by atoms with Crippen molar-refractivity contribution in [2.75, 3.05) is 0 Å². The van der Waals surface area contributed by atoms with Crippen molar-refractivity contribution in [2.45, 2.75) is 13.3 Å². The molecule has 0 bridgehead atoms. The van der Waals surface area contributed by atoms with E-state index in [1.807, 2.05) is 6.92 Å². The lowest BCUT2D eigenvalue weighted by Crippen LogP contribution is -1.81. The summed E-state index contributed by atoms with van der Waals surface area (Å²) in [5.41, 5.74) is 0.778. The van der Waals surface area contributed by atoms with Crippen LogP contribution in [0.4, 0.5) is 4.79 Å². The number of phenolic OH excluding ortho intramolecular Hbond substituents is 2. The third-order valence-electron chi connectivity index (χ3n) is 1.48. The Morgan fingerprint density at radius 2 is 1.79 bits per heavy atom. The number of aryl methyl sites for hydroxylation is 1. The first-order valence-electron chi connectivity index (χ1n) is 3.90. The molecule has 0 fully saturated rings. The number of carbonyl (C=O) groups is 1. The number of phenols is 2. The van der Waals surface area contributed by atoms with Gasteiger partial charge in [-0.3, -0.25) is 0 Å². The van der Waals surface area contributed by atoms with Crippen LogP contribution in [0.25, 0.3) is 0 Å². The molecular formula is C9H12O5. The van der Waals surface area contributed by atoms with Gasteiger partial charge in [0, 0.05) is 0 Å². The van der Waals surface area contributed by atoms with Crippen molar-refractivity contribution < 1.29 is 25.2 Å². The van der Waals surface area contributed by atoms with Gasteiger partial charge in [-0.25, -0.2) is 4.79 Å². The summed E-state index contributed by atoms with van der Waals surface area (Å²) < 4.78 is 0. The van der Waals surface area contributed by atoms with Crippen molar-refractivity contribution in [2.24, 2.45) is 0 Å². The molecule has 0 aliphatic rings. The molecule has 0 spiro atoms. The molecule has 1 rings (SSSR count). The minimum absolute atomic E-state index is 0.00463. The van der Waals surface area contributed by atoms with Crippen molar-refractivity contribution in [1.29, 1.82) is 0 Å². The van der Waals surface area contributed by atoms with Crippen LogP contribution in [0.15, 0.2) is 18.2 Å². The summed E-state index contributed by atoms with van der Waals surface area (Å²) in [6, 6.07) is 4.97. The fourth-order valence-corrected chi connectivity index (χ4v) is 0.863. The van der Waals surface area contributed by atoms with Crippen LogP contribution in [0.5, 0.6) is 11.5 Å². The van der Waals surface area contributed by atoms with E-state index in [-0.39, 0.29) is 11.5 Å². The highest BCUT2D eigenvalue weighted by Gasteiger charge is 2.01. The van der Waals surface area contributed by atoms with Gasteiger partial charge in [-0.05, 0) is 18.1 Å². The number of benzene rings is 1. The molecule has 14 heavy (non-hydrogen) atoms. The van der Waals surface area contributed by atoms with E-state index in [2.05, 4.69) is 0 Å². The predicted octanol–water partition coefficient (Wildman–Crippen LogP) is 1.88. The van der Waals surface area contributed by atoms with Crippen LogP contribution < -0.4 is 0 Å². The number of aromatic hydroxyl groups is 2. The molecule has 0 aromatic heterocycles. The summed E-state index contributed by atoms with van der Waals surface area (Å²) in [4.78, 5) is 8.56. The number of carboxylic acid groups (broad SMARTS) is 2. The number of rotatable bonds is 1. The molecule has 5 heteroatoms. The average molecular weight is 200 g/mol. The summed E-state index contributed by atoms with van der Waals surface area (Å²) in [5, 5.41) is 32.1. The first kappa shape index (κ1) is 12.1. The van der Waals surface area contributed by atoms with Crippen molar-refractivity contribution in [3.05, 3.63) is 23.8 Å². The molecule has 4 N–H and O–H groups in total. The van der Waals surface area contributed by atoms with E-state index in [9.17, 15) is 0 Å². The third-order valence-corrected chi connectivity index (χ3v) is 1.48. The third kappa shape index (κ3) is 4.20. The van der Waals surface area contributed by atoms with E-state index in [0.29, 0.717) is 0 Å². The minimum Gasteiger partial charge on any atom is -0.504 e. The van der Waals surface area contributed by atoms with E-state index in [0.717, 1.165) is 12.0 Å². The van der Waals surface area contributed by atoms with Crippen molar-refractivity contribution >= 4 is 6.16 Å². The standard InChI is InChI=1S/C8H10O2.CH2O3/c1-2-6-4-3-5-7(9)8(6)10;2-1(3)4/h3-5,9-10H,2H2,1H3;(H2,2,3,4). The predicted molar refractivity (Wildman–Crippen MR) is 49.8 cm³/mol. The van der Waals surface area contributed by atoms with E-state index in [1.54, 1.807) is 12.1 Å². The largest absolute Gasteiger partial charge is 0.504 e. The van der Waals surface area contributed by atoms with Gasteiger partial charge in [-0.2, -0.15) is 0 Å². The first-order valence-corrected chi connectivity index (χ1v) is 3.90. The fourth-order valence-electron chi connectivity index (χ4n) is 0.863. The smallest absolute Gasteiger partial charge is 0.503 e. The van der Waals surface area contributed by atoms with Crippen LogP contribution in [0.3, 0.4) is 0 Å². The van der Waals surface area contributed by atoms with E-state index in [1.165, 1.54) is 6.07 Å². The summed E-state index contributed by atoms with van der Waals surface area (Å²) >= 11 is 0. The van der Waals surface area contributed by atoms with Crippen LogP contribution >= 0.6 is 0 Å². The van der Waals surface area contributed by atoms with Crippen LogP contribution in [-0.2, 0) is 6.42 Å². The zero-order valence-electron chi connectivity index (χ0n) is 7.64. The van der Waals surface area contributed by atoms with Gasteiger partial charge in [-0.1, -0.05) is 19.1 Å². The molecule has 0 atom stereocenters. The lowest BCUT2D eigenvalue weighted by Gasteiger charge is -2.01. The molecule has 0 aliphatic heterocycles. The second-order valence-corrected chi connectivity index (χ2v) is 2.42. The van der Waals surface area contributed by atoms with Gasteiger partial charge in [0.25, 0.3) is 0 Å². The van der Waals surface area contributed by atoms with Crippen LogP contribution in [0.1, 0.15) is 12.5 Å². The Morgan fingerprint density at radius 1 is 1.29 bits per heavy atom. The van der Waals surface area contributed by atoms with Gasteiger partial charge in [0.2, 0.25) is 0 Å². The Bertz CT molecular complexity index is 304. The minimum atomic E-state index is -1.83. The van der Waals surface area contributed by atoms with Gasteiger partial charge in [0.1, 0.15) is 0 Å². The quantitative estimate of drug-likeness (QED) is 0.519. The van der Waals surface area contributed by atoms with E-state index >= 15 is 0 Å². The highest BCUT2D eigenvalue weighted by atomic mass is 16.6. The molecule has 0 saturated carbocycles. The normalized spacial score (nSPS) is 8.64. The molecule has 0 saturated heterocycles. The molecule has 5 nitrogen and oxygen atoms in total. The van der Waals surface area contributed by atoms with Crippen LogP contribution in [-0.4, -0.2) is 26.6 Å². The lowest BCUT2D eigenvalue weighted by atomic mass is 10.1. The highest BCUT2D eigenvalue weighted by Crippen LogP contribution is 2.27. The van der Waals surface area contributed by atoms with Gasteiger partial charge in [-0.15, -0.1) is 0 Å². The number of para-hydroxylation sites is 1. The van der Waals surface area contributed by atoms with Gasteiger partial charge in [0.05, 0.1) is 0 Å². The Labute approximate surface area is 80.9 Å².